The Morgan fingerprint density at radius 3 is 2.00 bits per heavy atom. The smallest absolute Gasteiger partial charge is 0.110 e. The Kier molecular flexibility index (Phi) is 2.35. The molecule has 0 aliphatic heterocycles. The van der Waals surface area contributed by atoms with Crippen LogP contribution in [0.1, 0.15) is 0 Å². The number of halogens is 1. The van der Waals surface area contributed by atoms with Crippen LogP contribution in [0.2, 0.25) is 0 Å². The molecule has 0 rings (SSSR count). The number of hydrogen-bond acceptors (Lipinski definition) is 2. The van der Waals surface area contributed by atoms with Gasteiger partial charge in [0.2, 0.25) is 0 Å². The van der Waals surface area contributed by atoms with E-state index in [0.29, 0.717) is 0 Å². The maximum atomic E-state index is 6.49. The van der Waals surface area contributed by atoms with Crippen molar-refractivity contribution in [3.05, 3.63) is 0 Å². The largest absolute Gasteiger partial charge is 0.306 e. The normalized spacial score (nSPS) is 6.60. The van der Waals surface area contributed by atoms with Crippen molar-refractivity contribution in [3.63, 3.8) is 0 Å². The average molecular weight is 182 g/mol. The summed E-state index contributed by atoms with van der Waals surface area (Å²) in [6.07, 6.45) is 0.987. The first-order valence-electron chi connectivity index (χ1n) is 1.02. The lowest BCUT2D eigenvalue weighted by Gasteiger charge is -1.64. The van der Waals surface area contributed by atoms with Gasteiger partial charge in [0.25, 0.3) is 0 Å². The molecule has 0 heterocycles. The van der Waals surface area contributed by atoms with Gasteiger partial charge < -0.3 is 5.41 Å². The minimum absolute atomic E-state index is 0.266. The van der Waals surface area contributed by atoms with Gasteiger partial charge >= 0.3 is 0 Å². The van der Waals surface area contributed by atoms with Gasteiger partial charge in [-0.15, -0.1) is 0 Å². The maximum Gasteiger partial charge on any atom is 0.110 e. The SMILES string of the molecule is N=CC(=N)I. The van der Waals surface area contributed by atoms with Crippen molar-refractivity contribution in [1.82, 2.24) is 0 Å². The van der Waals surface area contributed by atoms with Crippen molar-refractivity contribution in [3.8, 4) is 0 Å². The molecule has 0 bridgehead atoms. The first kappa shape index (κ1) is 5.07. The number of hydrogen-bond donors (Lipinski definition) is 2. The number of rotatable bonds is 1. The molecule has 2 nitrogen and oxygen atoms in total. The standard InChI is InChI=1S/C2H3IN2/c3-2(5)1-4/h1,4-5H. The predicted molar refractivity (Wildman–Crippen MR) is 30.5 cm³/mol. The van der Waals surface area contributed by atoms with E-state index in [-0.39, 0.29) is 3.72 Å². The Labute approximate surface area is 43.7 Å². The molecule has 0 aromatic carbocycles. The van der Waals surface area contributed by atoms with E-state index in [2.05, 4.69) is 0 Å². The van der Waals surface area contributed by atoms with Gasteiger partial charge in [0, 0.05) is 6.21 Å². The van der Waals surface area contributed by atoms with Gasteiger partial charge in [-0.3, -0.25) is 5.41 Å². The Morgan fingerprint density at radius 1 is 1.80 bits per heavy atom. The third-order valence-corrected chi connectivity index (χ3v) is 0.438. The lowest BCUT2D eigenvalue weighted by atomic mass is 10.8. The van der Waals surface area contributed by atoms with E-state index in [1.165, 1.54) is 0 Å². The van der Waals surface area contributed by atoms with Crippen LogP contribution < -0.4 is 0 Å². The van der Waals surface area contributed by atoms with E-state index in [9.17, 15) is 0 Å². The zero-order valence-electron chi connectivity index (χ0n) is 2.46. The fraction of sp³-hybridized carbons (Fsp3) is 0. The highest BCUT2D eigenvalue weighted by molar-refractivity contribution is 14.1. The van der Waals surface area contributed by atoms with Crippen LogP contribution in [0.5, 0.6) is 0 Å². The highest BCUT2D eigenvalue weighted by Gasteiger charge is 1.68. The Bertz CT molecular complexity index is 58.7. The summed E-state index contributed by atoms with van der Waals surface area (Å²) >= 11 is 1.75. The van der Waals surface area contributed by atoms with Gasteiger partial charge in [-0.05, 0) is 22.6 Å². The third kappa shape index (κ3) is 4.07. The van der Waals surface area contributed by atoms with Gasteiger partial charge in [-0.25, -0.2) is 0 Å². The molecule has 0 fully saturated rings. The molecule has 0 saturated heterocycles. The van der Waals surface area contributed by atoms with Crippen LogP contribution in [0.3, 0.4) is 0 Å². The van der Waals surface area contributed by atoms with Crippen LogP contribution in [0.15, 0.2) is 0 Å². The van der Waals surface area contributed by atoms with Crippen molar-refractivity contribution in [1.29, 1.82) is 10.8 Å². The topological polar surface area (TPSA) is 47.7 Å². The van der Waals surface area contributed by atoms with Crippen molar-refractivity contribution < 1.29 is 0 Å². The van der Waals surface area contributed by atoms with Crippen LogP contribution in [-0.2, 0) is 0 Å². The van der Waals surface area contributed by atoms with Crippen LogP contribution in [0.25, 0.3) is 0 Å². The summed E-state index contributed by atoms with van der Waals surface area (Å²) in [7, 11) is 0. The first-order valence-corrected chi connectivity index (χ1v) is 2.10. The van der Waals surface area contributed by atoms with Crippen LogP contribution >= 0.6 is 22.6 Å². The minimum Gasteiger partial charge on any atom is -0.306 e. The van der Waals surface area contributed by atoms with Crippen LogP contribution in [0.4, 0.5) is 0 Å². The van der Waals surface area contributed by atoms with Gasteiger partial charge in [0.1, 0.15) is 3.72 Å². The lowest BCUT2D eigenvalue weighted by molar-refractivity contribution is 1.55. The molecule has 0 amide bonds. The summed E-state index contributed by atoms with van der Waals surface area (Å²) in [4.78, 5) is 0. The quantitative estimate of drug-likeness (QED) is 0.449. The van der Waals surface area contributed by atoms with E-state index in [1.807, 2.05) is 0 Å². The van der Waals surface area contributed by atoms with E-state index in [1.54, 1.807) is 22.6 Å². The monoisotopic (exact) mass is 182 g/mol. The molecule has 0 aromatic heterocycles. The summed E-state index contributed by atoms with van der Waals surface area (Å²) in [5.41, 5.74) is 0. The molecule has 0 saturated carbocycles. The molecule has 28 valence electrons. The second kappa shape index (κ2) is 2.32. The van der Waals surface area contributed by atoms with E-state index < -0.39 is 0 Å². The summed E-state index contributed by atoms with van der Waals surface area (Å²) in [6, 6.07) is 0. The van der Waals surface area contributed by atoms with Gasteiger partial charge in [-0.1, -0.05) is 0 Å². The Balaban J connectivity index is 3.20. The van der Waals surface area contributed by atoms with Gasteiger partial charge in [0.05, 0.1) is 0 Å². The second-order valence-electron chi connectivity index (χ2n) is 0.492. The minimum atomic E-state index is 0.266. The first-order chi connectivity index (χ1) is 2.27. The molecule has 2 N–H and O–H groups in total. The zero-order chi connectivity index (χ0) is 4.28. The van der Waals surface area contributed by atoms with Gasteiger partial charge in [-0.2, -0.15) is 0 Å². The third-order valence-electron chi connectivity index (χ3n) is 0.127. The van der Waals surface area contributed by atoms with Crippen molar-refractivity contribution >= 4 is 32.5 Å². The summed E-state index contributed by atoms with van der Waals surface area (Å²) in [6.45, 7) is 0. The summed E-state index contributed by atoms with van der Waals surface area (Å²) in [5, 5.41) is 12.8. The fourth-order valence-electron chi connectivity index (χ4n) is 0. The second-order valence-corrected chi connectivity index (χ2v) is 1.65. The Hall–Kier alpha value is 0.0700. The molecule has 0 spiro atoms. The summed E-state index contributed by atoms with van der Waals surface area (Å²) in [5.74, 6) is 0. The molecule has 0 radical (unpaired) electrons. The Morgan fingerprint density at radius 2 is 2.00 bits per heavy atom. The van der Waals surface area contributed by atoms with Crippen LogP contribution in [-0.4, -0.2) is 9.93 Å². The molecule has 0 aromatic rings. The molecule has 0 unspecified atom stereocenters. The molecular weight excluding hydrogens is 179 g/mol. The van der Waals surface area contributed by atoms with Crippen molar-refractivity contribution in [2.24, 2.45) is 0 Å². The van der Waals surface area contributed by atoms with E-state index >= 15 is 0 Å². The molecular formula is C2H3IN2. The van der Waals surface area contributed by atoms with E-state index in [0.717, 1.165) is 6.21 Å². The molecule has 0 aliphatic rings. The maximum absolute atomic E-state index is 6.49. The molecule has 0 aliphatic carbocycles. The average Bonchev–Trinajstić information content (AvgIpc) is 1.38. The number of nitrogens with one attached hydrogen (secondary N) is 2. The molecule has 0 atom stereocenters. The lowest BCUT2D eigenvalue weighted by Crippen LogP contribution is -1.76. The summed E-state index contributed by atoms with van der Waals surface area (Å²) < 4.78 is 0.266. The zero-order valence-corrected chi connectivity index (χ0v) is 4.61. The van der Waals surface area contributed by atoms with Crippen LogP contribution in [0, 0.1) is 10.8 Å². The highest BCUT2D eigenvalue weighted by atomic mass is 127. The van der Waals surface area contributed by atoms with Crippen molar-refractivity contribution in [2.45, 2.75) is 0 Å². The molecule has 5 heavy (non-hydrogen) atoms. The van der Waals surface area contributed by atoms with Crippen molar-refractivity contribution in [2.75, 3.05) is 0 Å². The fourth-order valence-corrected chi connectivity index (χ4v) is 0. The highest BCUT2D eigenvalue weighted by Crippen LogP contribution is 1.75. The van der Waals surface area contributed by atoms with Gasteiger partial charge in [0.15, 0.2) is 0 Å². The van der Waals surface area contributed by atoms with E-state index in [4.69, 9.17) is 10.8 Å². The predicted octanol–water partition coefficient (Wildman–Crippen LogP) is 1.05. The molecule has 3 heteroatoms.